The van der Waals surface area contributed by atoms with Gasteiger partial charge in [-0.3, -0.25) is 9.59 Å². The number of carbonyl (C=O) groups is 2. The molecule has 1 aromatic heterocycles. The van der Waals surface area contributed by atoms with Crippen LogP contribution in [0.15, 0.2) is 30.5 Å². The highest BCUT2D eigenvalue weighted by atomic mass is 32.2. The number of ketones is 1. The van der Waals surface area contributed by atoms with E-state index in [2.05, 4.69) is 0 Å². The molecule has 2 rings (SSSR count). The molecule has 4 nitrogen and oxygen atoms in total. The molecular formula is C18H23NO3S. The van der Waals surface area contributed by atoms with Crippen molar-refractivity contribution in [3.8, 4) is 0 Å². The molecule has 1 aromatic carbocycles. The van der Waals surface area contributed by atoms with Crippen molar-refractivity contribution in [1.29, 1.82) is 0 Å². The van der Waals surface area contributed by atoms with Gasteiger partial charge in [0.15, 0.2) is 10.5 Å². The van der Waals surface area contributed by atoms with Crippen LogP contribution in [-0.4, -0.2) is 33.4 Å². The van der Waals surface area contributed by atoms with Gasteiger partial charge in [0, 0.05) is 30.6 Å². The third-order valence-corrected chi connectivity index (χ3v) is 5.36. The van der Waals surface area contributed by atoms with E-state index in [1.54, 1.807) is 6.92 Å². The van der Waals surface area contributed by atoms with E-state index < -0.39 is 10.7 Å². The fourth-order valence-electron chi connectivity index (χ4n) is 2.88. The van der Waals surface area contributed by atoms with Crippen molar-refractivity contribution in [3.05, 3.63) is 36.0 Å². The van der Waals surface area contributed by atoms with Crippen LogP contribution in [0.4, 0.5) is 0 Å². The Morgan fingerprint density at radius 2 is 1.96 bits per heavy atom. The first kappa shape index (κ1) is 17.6. The smallest absolute Gasteiger partial charge is 0.330 e. The van der Waals surface area contributed by atoms with E-state index in [0.717, 1.165) is 16.5 Å². The number of aryl methyl sites for hydroxylation is 1. The molecule has 1 atom stereocenters. The summed E-state index contributed by atoms with van der Waals surface area (Å²) in [6.45, 7) is 5.46. The Bertz CT molecular complexity index is 722. The lowest BCUT2D eigenvalue weighted by Gasteiger charge is -2.27. The van der Waals surface area contributed by atoms with Crippen LogP contribution in [0, 0.1) is 0 Å². The van der Waals surface area contributed by atoms with E-state index in [4.69, 9.17) is 4.74 Å². The average Bonchev–Trinajstić information content (AvgIpc) is 2.83. The number of ether oxygens (including phenoxy) is 1. The molecule has 0 aliphatic heterocycles. The fourth-order valence-corrected chi connectivity index (χ4v) is 4.01. The molecular weight excluding hydrogens is 310 g/mol. The van der Waals surface area contributed by atoms with Crippen molar-refractivity contribution < 1.29 is 14.3 Å². The molecule has 23 heavy (non-hydrogen) atoms. The van der Waals surface area contributed by atoms with E-state index in [-0.39, 0.29) is 12.4 Å². The van der Waals surface area contributed by atoms with Crippen LogP contribution in [0.3, 0.4) is 0 Å². The Balaban J connectivity index is 2.51. The number of Topliss-reactive ketones (excluding diaryl/α,β-unsaturated/α-hetero) is 1. The normalized spacial score (nSPS) is 13.7. The predicted molar refractivity (Wildman–Crippen MR) is 94.8 cm³/mol. The Kier molecular flexibility index (Phi) is 5.52. The van der Waals surface area contributed by atoms with Gasteiger partial charge in [0.1, 0.15) is 0 Å². The summed E-state index contributed by atoms with van der Waals surface area (Å²) in [4.78, 5) is 25.0. The predicted octanol–water partition coefficient (Wildman–Crippen LogP) is 3.36. The second-order valence-corrected chi connectivity index (χ2v) is 7.06. The van der Waals surface area contributed by atoms with Crippen LogP contribution < -0.4 is 0 Å². The van der Waals surface area contributed by atoms with Crippen LogP contribution in [0.1, 0.15) is 26.3 Å². The van der Waals surface area contributed by atoms with Gasteiger partial charge in [0.25, 0.3) is 0 Å². The highest BCUT2D eigenvalue weighted by Gasteiger charge is 2.45. The first-order chi connectivity index (χ1) is 11.0. The number of carbonyl (C=O) groups excluding carboxylic acids is 2. The van der Waals surface area contributed by atoms with E-state index in [0.29, 0.717) is 12.2 Å². The maximum Gasteiger partial charge on any atom is 0.330 e. The average molecular weight is 333 g/mol. The molecule has 1 heterocycles. The Labute approximate surface area is 141 Å². The first-order valence-electron chi connectivity index (χ1n) is 7.81. The highest BCUT2D eigenvalue weighted by Crippen LogP contribution is 2.35. The van der Waals surface area contributed by atoms with Crippen molar-refractivity contribution >= 4 is 34.4 Å². The summed E-state index contributed by atoms with van der Waals surface area (Å²) in [5, 5.41) is 1.07. The van der Waals surface area contributed by atoms with Gasteiger partial charge in [-0.25, -0.2) is 0 Å². The minimum atomic E-state index is -1.17. The quantitative estimate of drug-likeness (QED) is 0.576. The lowest BCUT2D eigenvalue weighted by molar-refractivity contribution is -0.148. The largest absolute Gasteiger partial charge is 0.465 e. The molecule has 1 unspecified atom stereocenters. The Hall–Kier alpha value is -1.75. The third-order valence-electron chi connectivity index (χ3n) is 3.98. The summed E-state index contributed by atoms with van der Waals surface area (Å²) < 4.78 is 6.08. The van der Waals surface area contributed by atoms with Gasteiger partial charge in [-0.2, -0.15) is 0 Å². The van der Waals surface area contributed by atoms with Gasteiger partial charge < -0.3 is 9.30 Å². The second kappa shape index (κ2) is 7.21. The summed E-state index contributed by atoms with van der Waals surface area (Å²) in [6.07, 6.45) is 2.35. The summed E-state index contributed by atoms with van der Waals surface area (Å²) in [6, 6.07) is 8.01. The standard InChI is InChI=1S/C18H23NO3S/c1-5-22-17(21)18(13(3)20,23-6-2)11-14-12-19(4)16-10-8-7-9-15(14)16/h7-10,12H,5-6,11H2,1-4H3. The zero-order valence-corrected chi connectivity index (χ0v) is 14.9. The third kappa shape index (κ3) is 3.29. The molecule has 0 N–H and O–H groups in total. The molecule has 2 aromatic rings. The Morgan fingerprint density at radius 1 is 1.26 bits per heavy atom. The van der Waals surface area contributed by atoms with Gasteiger partial charge in [-0.05, 0) is 31.2 Å². The van der Waals surface area contributed by atoms with Gasteiger partial charge in [0.2, 0.25) is 0 Å². The maximum absolute atomic E-state index is 12.6. The molecule has 0 fully saturated rings. The molecule has 5 heteroatoms. The van der Waals surface area contributed by atoms with Gasteiger partial charge in [0.05, 0.1) is 6.61 Å². The van der Waals surface area contributed by atoms with Crippen molar-refractivity contribution in [2.24, 2.45) is 7.05 Å². The number of fused-ring (bicyclic) bond motifs is 1. The number of hydrogen-bond donors (Lipinski definition) is 0. The maximum atomic E-state index is 12.6. The zero-order chi connectivity index (χ0) is 17.0. The first-order valence-corrected chi connectivity index (χ1v) is 8.80. The molecule has 0 amide bonds. The molecule has 0 aliphatic carbocycles. The molecule has 0 saturated carbocycles. The number of esters is 1. The lowest BCUT2D eigenvalue weighted by Crippen LogP contribution is -2.45. The van der Waals surface area contributed by atoms with Crippen molar-refractivity contribution in [2.75, 3.05) is 12.4 Å². The van der Waals surface area contributed by atoms with E-state index in [1.807, 2.05) is 49.0 Å². The van der Waals surface area contributed by atoms with Crippen molar-refractivity contribution in [1.82, 2.24) is 4.57 Å². The number of aromatic nitrogens is 1. The van der Waals surface area contributed by atoms with Crippen molar-refractivity contribution in [2.45, 2.75) is 31.9 Å². The monoisotopic (exact) mass is 333 g/mol. The minimum absolute atomic E-state index is 0.157. The number of hydrogen-bond acceptors (Lipinski definition) is 4. The fraction of sp³-hybridized carbons (Fsp3) is 0.444. The van der Waals surface area contributed by atoms with Crippen LogP contribution in [0.2, 0.25) is 0 Å². The highest BCUT2D eigenvalue weighted by molar-refractivity contribution is 8.02. The van der Waals surface area contributed by atoms with Crippen LogP contribution >= 0.6 is 11.8 Å². The van der Waals surface area contributed by atoms with Gasteiger partial charge >= 0.3 is 5.97 Å². The van der Waals surface area contributed by atoms with Crippen molar-refractivity contribution in [3.63, 3.8) is 0 Å². The topological polar surface area (TPSA) is 48.3 Å². The number of para-hydroxylation sites is 1. The minimum Gasteiger partial charge on any atom is -0.465 e. The molecule has 0 saturated heterocycles. The molecule has 0 radical (unpaired) electrons. The molecule has 0 spiro atoms. The number of nitrogens with zero attached hydrogens (tertiary/aromatic N) is 1. The second-order valence-electron chi connectivity index (χ2n) is 5.50. The number of benzene rings is 1. The summed E-state index contributed by atoms with van der Waals surface area (Å²) in [5.41, 5.74) is 2.08. The van der Waals surface area contributed by atoms with Crippen LogP contribution in [-0.2, 0) is 27.8 Å². The summed E-state index contributed by atoms with van der Waals surface area (Å²) in [7, 11) is 1.97. The zero-order valence-electron chi connectivity index (χ0n) is 14.1. The molecule has 0 aliphatic rings. The number of rotatable bonds is 7. The van der Waals surface area contributed by atoms with Gasteiger partial charge in [-0.15, -0.1) is 11.8 Å². The molecule has 0 bridgehead atoms. The summed E-state index contributed by atoms with van der Waals surface area (Å²) in [5.74, 6) is 0.0754. The Morgan fingerprint density at radius 3 is 2.57 bits per heavy atom. The summed E-state index contributed by atoms with van der Waals surface area (Å²) >= 11 is 1.36. The lowest BCUT2D eigenvalue weighted by atomic mass is 9.94. The van der Waals surface area contributed by atoms with Crippen LogP contribution in [0.25, 0.3) is 10.9 Å². The van der Waals surface area contributed by atoms with Crippen LogP contribution in [0.5, 0.6) is 0 Å². The number of thioether (sulfide) groups is 1. The van der Waals surface area contributed by atoms with E-state index >= 15 is 0 Å². The molecule has 124 valence electrons. The SMILES string of the molecule is CCOC(=O)C(Cc1cn(C)c2ccccc12)(SCC)C(C)=O. The van der Waals surface area contributed by atoms with E-state index in [1.165, 1.54) is 18.7 Å². The van der Waals surface area contributed by atoms with Gasteiger partial charge in [-0.1, -0.05) is 25.1 Å². The van der Waals surface area contributed by atoms with E-state index in [9.17, 15) is 9.59 Å².